The van der Waals surface area contributed by atoms with E-state index >= 15 is 0 Å². The average Bonchev–Trinajstić information content (AvgIpc) is 2.86. The Morgan fingerprint density at radius 1 is 1.20 bits per heavy atom. The molecule has 0 radical (unpaired) electrons. The third-order valence-electron chi connectivity index (χ3n) is 4.14. The highest BCUT2D eigenvalue weighted by atomic mass is 16.5. The van der Waals surface area contributed by atoms with Crippen molar-refractivity contribution in [2.75, 3.05) is 32.8 Å². The maximum atomic E-state index is 11.9. The summed E-state index contributed by atoms with van der Waals surface area (Å²) in [6.07, 6.45) is 4.79. The number of carbonyl (C=O) groups is 2. The van der Waals surface area contributed by atoms with Crippen LogP contribution in [0.5, 0.6) is 0 Å². The molecule has 3 N–H and O–H groups in total. The van der Waals surface area contributed by atoms with Gasteiger partial charge >= 0.3 is 0 Å². The second-order valence-corrected chi connectivity index (χ2v) is 5.84. The van der Waals surface area contributed by atoms with Crippen molar-refractivity contribution < 1.29 is 14.3 Å². The maximum absolute atomic E-state index is 11.9. The van der Waals surface area contributed by atoms with E-state index in [4.69, 9.17) is 10.5 Å². The molecule has 0 aromatic rings. The van der Waals surface area contributed by atoms with Gasteiger partial charge in [0.2, 0.25) is 11.8 Å². The Labute approximate surface area is 120 Å². The van der Waals surface area contributed by atoms with E-state index in [-0.39, 0.29) is 17.4 Å². The van der Waals surface area contributed by atoms with Crippen molar-refractivity contribution in [1.82, 2.24) is 10.2 Å². The summed E-state index contributed by atoms with van der Waals surface area (Å²) in [7, 11) is 0. The number of ether oxygens (including phenoxy) is 1. The average molecular weight is 283 g/mol. The van der Waals surface area contributed by atoms with E-state index in [1.807, 2.05) is 0 Å². The van der Waals surface area contributed by atoms with Crippen molar-refractivity contribution in [3.05, 3.63) is 0 Å². The molecule has 2 fully saturated rings. The number of carbonyl (C=O) groups excluding carboxylic acids is 2. The molecular formula is C14H25N3O3. The van der Waals surface area contributed by atoms with Crippen LogP contribution in [0.4, 0.5) is 0 Å². The predicted octanol–water partition coefficient (Wildman–Crippen LogP) is 0.0131. The Bertz CT molecular complexity index is 348. The van der Waals surface area contributed by atoms with Crippen molar-refractivity contribution in [3.8, 4) is 0 Å². The van der Waals surface area contributed by atoms with Crippen LogP contribution < -0.4 is 11.1 Å². The summed E-state index contributed by atoms with van der Waals surface area (Å²) in [5.41, 5.74) is 5.84. The van der Waals surface area contributed by atoms with E-state index in [1.165, 1.54) is 0 Å². The fraction of sp³-hybridized carbons (Fsp3) is 0.857. The molecule has 1 aliphatic carbocycles. The Hall–Kier alpha value is -1.14. The van der Waals surface area contributed by atoms with Crippen molar-refractivity contribution in [2.45, 2.75) is 44.1 Å². The van der Waals surface area contributed by atoms with Gasteiger partial charge in [-0.05, 0) is 12.8 Å². The third-order valence-corrected chi connectivity index (χ3v) is 4.14. The van der Waals surface area contributed by atoms with E-state index in [0.717, 1.165) is 25.7 Å². The van der Waals surface area contributed by atoms with E-state index in [2.05, 4.69) is 5.32 Å². The fourth-order valence-corrected chi connectivity index (χ4v) is 2.92. The molecule has 2 rings (SSSR count). The highest BCUT2D eigenvalue weighted by molar-refractivity contribution is 5.79. The van der Waals surface area contributed by atoms with Gasteiger partial charge < -0.3 is 20.7 Å². The minimum Gasteiger partial charge on any atom is -0.378 e. The molecular weight excluding hydrogens is 258 g/mol. The lowest BCUT2D eigenvalue weighted by atomic mass is 9.94. The predicted molar refractivity (Wildman–Crippen MR) is 75.0 cm³/mol. The van der Waals surface area contributed by atoms with Crippen LogP contribution in [0.25, 0.3) is 0 Å². The largest absolute Gasteiger partial charge is 0.378 e. The summed E-state index contributed by atoms with van der Waals surface area (Å²) >= 11 is 0. The van der Waals surface area contributed by atoms with Crippen LogP contribution in [-0.4, -0.2) is 55.1 Å². The van der Waals surface area contributed by atoms with E-state index < -0.39 is 0 Å². The van der Waals surface area contributed by atoms with Gasteiger partial charge in [0.25, 0.3) is 0 Å². The number of nitrogens with zero attached hydrogens (tertiary/aromatic N) is 1. The van der Waals surface area contributed by atoms with Crippen LogP contribution in [0.1, 0.15) is 38.5 Å². The molecule has 1 saturated heterocycles. The standard InChI is InChI=1S/C14H25N3O3/c15-14(4-1-2-5-14)11-12(18)16-6-3-13(19)17-7-9-20-10-8-17/h1-11,15H2,(H,16,18). The zero-order valence-electron chi connectivity index (χ0n) is 12.0. The van der Waals surface area contributed by atoms with Crippen LogP contribution in [0, 0.1) is 0 Å². The first-order chi connectivity index (χ1) is 9.59. The summed E-state index contributed by atoms with van der Waals surface area (Å²) in [6, 6.07) is 0. The van der Waals surface area contributed by atoms with E-state index in [1.54, 1.807) is 4.90 Å². The summed E-state index contributed by atoms with van der Waals surface area (Å²) in [4.78, 5) is 25.5. The van der Waals surface area contributed by atoms with Gasteiger partial charge in [-0.1, -0.05) is 12.8 Å². The topological polar surface area (TPSA) is 84.7 Å². The molecule has 6 heteroatoms. The number of amides is 2. The third kappa shape index (κ3) is 4.45. The second-order valence-electron chi connectivity index (χ2n) is 5.84. The SMILES string of the molecule is NC1(CC(=O)NCCC(=O)N2CCOCC2)CCCC1. The lowest BCUT2D eigenvalue weighted by Gasteiger charge is -2.27. The van der Waals surface area contributed by atoms with Gasteiger partial charge in [-0.3, -0.25) is 9.59 Å². The molecule has 0 spiro atoms. The first-order valence-electron chi connectivity index (χ1n) is 7.50. The first-order valence-corrected chi connectivity index (χ1v) is 7.50. The highest BCUT2D eigenvalue weighted by Crippen LogP contribution is 2.29. The van der Waals surface area contributed by atoms with E-state index in [9.17, 15) is 9.59 Å². The Morgan fingerprint density at radius 2 is 1.85 bits per heavy atom. The van der Waals surface area contributed by atoms with Gasteiger partial charge in [-0.25, -0.2) is 0 Å². The molecule has 1 aliphatic heterocycles. The van der Waals surface area contributed by atoms with E-state index in [0.29, 0.717) is 45.7 Å². The number of morpholine rings is 1. The molecule has 1 saturated carbocycles. The molecule has 0 unspecified atom stereocenters. The lowest BCUT2D eigenvalue weighted by molar-refractivity contribution is -0.135. The molecule has 0 aromatic heterocycles. The molecule has 114 valence electrons. The van der Waals surface area contributed by atoms with Gasteiger partial charge in [0, 0.05) is 38.0 Å². The minimum atomic E-state index is -0.321. The maximum Gasteiger partial charge on any atom is 0.224 e. The van der Waals surface area contributed by atoms with Crippen molar-refractivity contribution >= 4 is 11.8 Å². The summed E-state index contributed by atoms with van der Waals surface area (Å²) < 4.78 is 5.20. The zero-order chi connectivity index (χ0) is 14.4. The Balaban J connectivity index is 1.62. The Kier molecular flexibility index (Phi) is 5.37. The van der Waals surface area contributed by atoms with Gasteiger partial charge in [0.05, 0.1) is 13.2 Å². The molecule has 6 nitrogen and oxygen atoms in total. The van der Waals surface area contributed by atoms with Crippen LogP contribution in [0.2, 0.25) is 0 Å². The first kappa shape index (κ1) is 15.3. The molecule has 0 bridgehead atoms. The van der Waals surface area contributed by atoms with Crippen molar-refractivity contribution in [2.24, 2.45) is 5.73 Å². The highest BCUT2D eigenvalue weighted by Gasteiger charge is 2.31. The van der Waals surface area contributed by atoms with Crippen molar-refractivity contribution in [3.63, 3.8) is 0 Å². The second kappa shape index (κ2) is 7.04. The number of rotatable bonds is 5. The fourth-order valence-electron chi connectivity index (χ4n) is 2.92. The monoisotopic (exact) mass is 283 g/mol. The van der Waals surface area contributed by atoms with Crippen molar-refractivity contribution in [1.29, 1.82) is 0 Å². The Morgan fingerprint density at radius 3 is 2.50 bits per heavy atom. The zero-order valence-corrected chi connectivity index (χ0v) is 12.0. The van der Waals surface area contributed by atoms with Gasteiger partial charge in [0.15, 0.2) is 0 Å². The van der Waals surface area contributed by atoms with Crippen LogP contribution >= 0.6 is 0 Å². The summed E-state index contributed by atoms with van der Waals surface area (Å²) in [5, 5.41) is 2.81. The number of hydrogen-bond acceptors (Lipinski definition) is 4. The molecule has 0 aromatic carbocycles. The smallest absolute Gasteiger partial charge is 0.224 e. The molecule has 2 aliphatic rings. The number of nitrogens with one attached hydrogen (secondary N) is 1. The van der Waals surface area contributed by atoms with Crippen LogP contribution in [0.15, 0.2) is 0 Å². The number of hydrogen-bond donors (Lipinski definition) is 2. The summed E-state index contributed by atoms with van der Waals surface area (Å²) in [5.74, 6) is 0.0427. The molecule has 1 heterocycles. The van der Waals surface area contributed by atoms with Gasteiger partial charge in [-0.2, -0.15) is 0 Å². The molecule has 0 atom stereocenters. The molecule has 20 heavy (non-hydrogen) atoms. The van der Waals surface area contributed by atoms with Crippen LogP contribution in [0.3, 0.4) is 0 Å². The quantitative estimate of drug-likeness (QED) is 0.744. The lowest BCUT2D eigenvalue weighted by Crippen LogP contribution is -2.44. The molecule has 2 amide bonds. The normalized spacial score (nSPS) is 21.8. The minimum absolute atomic E-state index is 0.0378. The van der Waals surface area contributed by atoms with Gasteiger partial charge in [-0.15, -0.1) is 0 Å². The van der Waals surface area contributed by atoms with Crippen LogP contribution in [-0.2, 0) is 14.3 Å². The number of nitrogens with two attached hydrogens (primary N) is 1. The van der Waals surface area contributed by atoms with Gasteiger partial charge in [0.1, 0.15) is 0 Å². The summed E-state index contributed by atoms with van der Waals surface area (Å²) in [6.45, 7) is 2.91.